The Hall–Kier alpha value is -0.190. The van der Waals surface area contributed by atoms with Crippen LogP contribution in [0.25, 0.3) is 0 Å². The maximum atomic E-state index is 12.2. The topological polar surface area (TPSA) is 49.7 Å². The van der Waals surface area contributed by atoms with Crippen LogP contribution in [0.3, 0.4) is 0 Å². The molecule has 0 aromatic heterocycles. The molecule has 2 N–H and O–H groups in total. The Morgan fingerprint density at radius 1 is 1.78 bits per heavy atom. The van der Waals surface area contributed by atoms with Crippen molar-refractivity contribution in [1.29, 1.82) is 0 Å². The van der Waals surface area contributed by atoms with Gasteiger partial charge < -0.3 is 14.9 Å². The van der Waals surface area contributed by atoms with E-state index in [1.165, 1.54) is 0 Å². The van der Waals surface area contributed by atoms with Crippen molar-refractivity contribution in [1.82, 2.24) is 0 Å². The molecule has 1 rings (SSSR count). The highest BCUT2D eigenvalue weighted by Crippen LogP contribution is 2.22. The van der Waals surface area contributed by atoms with Crippen molar-refractivity contribution in [2.75, 3.05) is 13.2 Å². The van der Waals surface area contributed by atoms with Crippen LogP contribution < -0.4 is 0 Å². The molecule has 0 unspecified atom stereocenters. The molecule has 1 aliphatic rings. The molecule has 4 heteroatoms. The summed E-state index contributed by atoms with van der Waals surface area (Å²) in [7, 11) is 0. The molecular formula is C5H8FO3. The number of hydrogen-bond acceptors (Lipinski definition) is 3. The van der Waals surface area contributed by atoms with Crippen LogP contribution in [0.5, 0.6) is 0 Å². The van der Waals surface area contributed by atoms with Crippen LogP contribution in [0.4, 0.5) is 4.39 Å². The van der Waals surface area contributed by atoms with E-state index in [9.17, 15) is 4.39 Å². The highest BCUT2D eigenvalue weighted by Gasteiger charge is 2.36. The SMILES string of the molecule is OC[C@H]1OC[C](F)[C@@H]1O. The van der Waals surface area contributed by atoms with Crippen molar-refractivity contribution < 1.29 is 19.3 Å². The molecule has 2 atom stereocenters. The van der Waals surface area contributed by atoms with E-state index in [0.717, 1.165) is 0 Å². The second-order valence-electron chi connectivity index (χ2n) is 1.92. The molecule has 1 saturated heterocycles. The minimum Gasteiger partial charge on any atom is -0.394 e. The van der Waals surface area contributed by atoms with E-state index in [0.29, 0.717) is 0 Å². The zero-order valence-electron chi connectivity index (χ0n) is 4.75. The van der Waals surface area contributed by atoms with E-state index in [4.69, 9.17) is 10.2 Å². The third-order valence-corrected chi connectivity index (χ3v) is 1.29. The fraction of sp³-hybridized carbons (Fsp3) is 0.800. The van der Waals surface area contributed by atoms with Crippen LogP contribution in [-0.2, 0) is 4.74 Å². The van der Waals surface area contributed by atoms with E-state index < -0.39 is 18.4 Å². The quantitative estimate of drug-likeness (QED) is 0.497. The minimum absolute atomic E-state index is 0.188. The maximum absolute atomic E-state index is 12.2. The molecule has 0 aromatic rings. The van der Waals surface area contributed by atoms with E-state index in [1.54, 1.807) is 0 Å². The van der Waals surface area contributed by atoms with Gasteiger partial charge >= 0.3 is 0 Å². The molecule has 9 heavy (non-hydrogen) atoms. The third-order valence-electron chi connectivity index (χ3n) is 1.29. The zero-order valence-corrected chi connectivity index (χ0v) is 4.75. The molecule has 1 heterocycles. The summed E-state index contributed by atoms with van der Waals surface area (Å²) in [5, 5.41) is 17.1. The van der Waals surface area contributed by atoms with Crippen LogP contribution in [0, 0.1) is 6.17 Å². The molecule has 1 fully saturated rings. The zero-order chi connectivity index (χ0) is 6.85. The summed E-state index contributed by atoms with van der Waals surface area (Å²) >= 11 is 0. The lowest BCUT2D eigenvalue weighted by Crippen LogP contribution is -2.26. The molecule has 0 spiro atoms. The summed E-state index contributed by atoms with van der Waals surface area (Å²) in [4.78, 5) is 0. The van der Waals surface area contributed by atoms with Gasteiger partial charge in [0.05, 0.1) is 13.2 Å². The molecule has 0 aliphatic carbocycles. The lowest BCUT2D eigenvalue weighted by molar-refractivity contribution is 0.00353. The Morgan fingerprint density at radius 3 is 2.67 bits per heavy atom. The van der Waals surface area contributed by atoms with Crippen molar-refractivity contribution in [3.05, 3.63) is 6.17 Å². The smallest absolute Gasteiger partial charge is 0.200 e. The fourth-order valence-corrected chi connectivity index (χ4v) is 0.717. The predicted octanol–water partition coefficient (Wildman–Crippen LogP) is -0.760. The van der Waals surface area contributed by atoms with Crippen molar-refractivity contribution in [2.45, 2.75) is 12.2 Å². The predicted molar refractivity (Wildman–Crippen MR) is 27.2 cm³/mol. The first-order chi connectivity index (χ1) is 4.25. The first kappa shape index (κ1) is 6.92. The lowest BCUT2D eigenvalue weighted by atomic mass is 10.2. The summed E-state index contributed by atoms with van der Waals surface area (Å²) in [5.74, 6) is 0. The Kier molecular flexibility index (Phi) is 2.00. The molecular weight excluding hydrogens is 127 g/mol. The first-order valence-electron chi connectivity index (χ1n) is 2.67. The highest BCUT2D eigenvalue weighted by molar-refractivity contribution is 4.96. The average molecular weight is 135 g/mol. The summed E-state index contributed by atoms with van der Waals surface area (Å²) < 4.78 is 16.8. The van der Waals surface area contributed by atoms with Crippen molar-refractivity contribution in [2.24, 2.45) is 0 Å². The largest absolute Gasteiger partial charge is 0.394 e. The van der Waals surface area contributed by atoms with Gasteiger partial charge in [0.25, 0.3) is 0 Å². The second-order valence-corrected chi connectivity index (χ2v) is 1.92. The third kappa shape index (κ3) is 1.20. The Morgan fingerprint density at radius 2 is 2.44 bits per heavy atom. The molecule has 3 nitrogen and oxygen atoms in total. The Labute approximate surface area is 52.1 Å². The Balaban J connectivity index is 2.41. The summed E-state index contributed by atoms with van der Waals surface area (Å²) in [5.41, 5.74) is 0. The van der Waals surface area contributed by atoms with Crippen LogP contribution in [0.2, 0.25) is 0 Å². The molecule has 1 aliphatic heterocycles. The van der Waals surface area contributed by atoms with Gasteiger partial charge in [-0.3, -0.25) is 0 Å². The number of halogens is 1. The number of ether oxygens (including phenoxy) is 1. The van der Waals surface area contributed by atoms with Gasteiger partial charge in [0.15, 0.2) is 0 Å². The van der Waals surface area contributed by atoms with Gasteiger partial charge in [-0.25, -0.2) is 4.39 Å². The summed E-state index contributed by atoms with van der Waals surface area (Å²) in [6.07, 6.45) is -2.59. The van der Waals surface area contributed by atoms with Crippen molar-refractivity contribution >= 4 is 0 Å². The number of aliphatic hydroxyl groups excluding tert-OH is 2. The second kappa shape index (κ2) is 2.60. The molecule has 0 bridgehead atoms. The molecule has 53 valence electrons. The fourth-order valence-electron chi connectivity index (χ4n) is 0.717. The van der Waals surface area contributed by atoms with Crippen molar-refractivity contribution in [3.63, 3.8) is 0 Å². The van der Waals surface area contributed by atoms with Crippen LogP contribution >= 0.6 is 0 Å². The van der Waals surface area contributed by atoms with Gasteiger partial charge in [0.2, 0.25) is 6.17 Å². The lowest BCUT2D eigenvalue weighted by Gasteiger charge is -2.08. The molecule has 1 radical (unpaired) electrons. The number of aliphatic hydroxyl groups is 2. The van der Waals surface area contributed by atoms with Gasteiger partial charge in [-0.2, -0.15) is 0 Å². The maximum Gasteiger partial charge on any atom is 0.200 e. The van der Waals surface area contributed by atoms with Gasteiger partial charge in [-0.1, -0.05) is 0 Å². The van der Waals surface area contributed by atoms with Crippen LogP contribution in [-0.4, -0.2) is 35.6 Å². The minimum atomic E-state index is -1.23. The van der Waals surface area contributed by atoms with Crippen molar-refractivity contribution in [3.8, 4) is 0 Å². The standard InChI is InChI=1S/C5H8FO3/c6-3-2-9-4(1-7)5(3)8/h4-5,7-8H,1-2H2/t4-,5+/m1/s1. The van der Waals surface area contributed by atoms with Crippen LogP contribution in [0.15, 0.2) is 0 Å². The van der Waals surface area contributed by atoms with Gasteiger partial charge in [-0.05, 0) is 0 Å². The molecule has 0 aromatic carbocycles. The Bertz CT molecular complexity index is 98.2. The van der Waals surface area contributed by atoms with E-state index in [-0.39, 0.29) is 13.2 Å². The van der Waals surface area contributed by atoms with E-state index >= 15 is 0 Å². The number of hydrogen-bond donors (Lipinski definition) is 2. The number of rotatable bonds is 1. The summed E-state index contributed by atoms with van der Waals surface area (Å²) in [6, 6.07) is 0. The molecule has 0 saturated carbocycles. The first-order valence-corrected chi connectivity index (χ1v) is 2.67. The normalized spacial score (nSPS) is 37.7. The van der Waals surface area contributed by atoms with Crippen LogP contribution in [0.1, 0.15) is 0 Å². The average Bonchev–Trinajstić information content (AvgIpc) is 2.15. The van der Waals surface area contributed by atoms with E-state index in [2.05, 4.69) is 4.74 Å². The molecule has 0 amide bonds. The summed E-state index contributed by atoms with van der Waals surface area (Å²) in [6.45, 7) is -0.527. The van der Waals surface area contributed by atoms with E-state index in [1.807, 2.05) is 0 Å². The van der Waals surface area contributed by atoms with Gasteiger partial charge in [-0.15, -0.1) is 0 Å². The monoisotopic (exact) mass is 135 g/mol. The van der Waals surface area contributed by atoms with Gasteiger partial charge in [0, 0.05) is 0 Å². The van der Waals surface area contributed by atoms with Gasteiger partial charge in [0.1, 0.15) is 12.2 Å². The highest BCUT2D eigenvalue weighted by atomic mass is 19.1.